The van der Waals surface area contributed by atoms with Crippen LogP contribution in [-0.4, -0.2) is 35.1 Å². The van der Waals surface area contributed by atoms with E-state index in [1.165, 1.54) is 0 Å². The highest BCUT2D eigenvalue weighted by atomic mass is 16.5. The number of para-hydroxylation sites is 1. The van der Waals surface area contributed by atoms with Gasteiger partial charge in [-0.3, -0.25) is 0 Å². The quantitative estimate of drug-likeness (QED) is 0.769. The van der Waals surface area contributed by atoms with E-state index in [-0.39, 0.29) is 24.5 Å². The van der Waals surface area contributed by atoms with Crippen molar-refractivity contribution in [3.63, 3.8) is 0 Å². The van der Waals surface area contributed by atoms with Crippen LogP contribution in [0, 0.1) is 11.8 Å². The first-order chi connectivity index (χ1) is 13.1. The number of aliphatic hydroxyl groups is 2. The molecule has 4 nitrogen and oxygen atoms in total. The highest BCUT2D eigenvalue weighted by molar-refractivity contribution is 5.21. The van der Waals surface area contributed by atoms with Crippen molar-refractivity contribution in [3.05, 3.63) is 67.0 Å². The van der Waals surface area contributed by atoms with Gasteiger partial charge in [0.05, 0.1) is 11.9 Å². The highest BCUT2D eigenvalue weighted by Gasteiger charge is 2.42. The molecule has 3 rings (SSSR count). The average molecular weight is 370 g/mol. The molecule has 146 valence electrons. The molecule has 1 saturated carbocycles. The minimum atomic E-state index is -0.720. The second-order valence-electron chi connectivity index (χ2n) is 7.41. The summed E-state index contributed by atoms with van der Waals surface area (Å²) < 4.78 is 11.6. The molecule has 0 amide bonds. The molecule has 1 aliphatic heterocycles. The maximum Gasteiger partial charge on any atom is 0.119 e. The molecule has 0 radical (unpaired) electrons. The third kappa shape index (κ3) is 5.72. The number of hydrogen-bond donors (Lipinski definition) is 2. The van der Waals surface area contributed by atoms with Crippen LogP contribution in [0.3, 0.4) is 0 Å². The molecule has 4 heteroatoms. The number of fused-ring (bicyclic) bond motifs is 1. The van der Waals surface area contributed by atoms with Crippen LogP contribution in [0.4, 0.5) is 0 Å². The Morgan fingerprint density at radius 3 is 2.89 bits per heavy atom. The topological polar surface area (TPSA) is 58.9 Å². The van der Waals surface area contributed by atoms with Gasteiger partial charge in [-0.15, -0.1) is 0 Å². The summed E-state index contributed by atoms with van der Waals surface area (Å²) in [6.45, 7) is 4.21. The van der Waals surface area contributed by atoms with Gasteiger partial charge in [-0.1, -0.05) is 49.1 Å². The molecule has 1 aliphatic carbocycles. The van der Waals surface area contributed by atoms with E-state index in [1.54, 1.807) is 6.08 Å². The lowest BCUT2D eigenvalue weighted by molar-refractivity contribution is 0.0698. The summed E-state index contributed by atoms with van der Waals surface area (Å²) in [7, 11) is 0. The zero-order valence-electron chi connectivity index (χ0n) is 15.7. The molecule has 0 unspecified atom stereocenters. The van der Waals surface area contributed by atoms with Gasteiger partial charge in [0, 0.05) is 24.7 Å². The summed E-state index contributed by atoms with van der Waals surface area (Å²) in [5, 5.41) is 20.8. The Morgan fingerprint density at radius 1 is 1.26 bits per heavy atom. The molecule has 2 aliphatic rings. The Hall–Kier alpha value is -2.04. The SMILES string of the molecule is C=C1CCC/C=C\C[C@@H]2[C@@H](/C=C/[C@@H](O)COc3ccccc3)[C@H](O)C[C@@H]2O1. The second kappa shape index (κ2) is 9.77. The van der Waals surface area contributed by atoms with E-state index in [1.807, 2.05) is 36.4 Å². The predicted molar refractivity (Wildman–Crippen MR) is 106 cm³/mol. The summed E-state index contributed by atoms with van der Waals surface area (Å²) in [4.78, 5) is 0. The summed E-state index contributed by atoms with van der Waals surface area (Å²) >= 11 is 0. The maximum atomic E-state index is 10.6. The molecule has 0 bridgehead atoms. The molecule has 27 heavy (non-hydrogen) atoms. The van der Waals surface area contributed by atoms with Crippen molar-refractivity contribution in [2.75, 3.05) is 6.61 Å². The van der Waals surface area contributed by atoms with Crippen LogP contribution in [0.1, 0.15) is 32.1 Å². The first-order valence-corrected chi connectivity index (χ1v) is 9.85. The predicted octanol–water partition coefficient (Wildman–Crippen LogP) is 4.01. The highest BCUT2D eigenvalue weighted by Crippen LogP contribution is 2.39. The Labute approximate surface area is 161 Å². The Morgan fingerprint density at radius 2 is 2.07 bits per heavy atom. The first kappa shape index (κ1) is 19.7. The van der Waals surface area contributed by atoms with Gasteiger partial charge in [0.25, 0.3) is 0 Å². The van der Waals surface area contributed by atoms with E-state index in [0.717, 1.165) is 37.2 Å². The first-order valence-electron chi connectivity index (χ1n) is 9.85. The maximum absolute atomic E-state index is 10.6. The fourth-order valence-corrected chi connectivity index (χ4v) is 3.89. The zero-order valence-corrected chi connectivity index (χ0v) is 15.7. The molecule has 1 aromatic rings. The number of aliphatic hydroxyl groups excluding tert-OH is 2. The van der Waals surface area contributed by atoms with Crippen LogP contribution in [0.25, 0.3) is 0 Å². The van der Waals surface area contributed by atoms with Crippen molar-refractivity contribution < 1.29 is 19.7 Å². The number of ether oxygens (including phenoxy) is 2. The van der Waals surface area contributed by atoms with Gasteiger partial charge in [-0.25, -0.2) is 0 Å². The molecule has 1 fully saturated rings. The molecule has 1 heterocycles. The van der Waals surface area contributed by atoms with Crippen LogP contribution >= 0.6 is 0 Å². The van der Waals surface area contributed by atoms with Crippen molar-refractivity contribution in [2.24, 2.45) is 11.8 Å². The van der Waals surface area contributed by atoms with Gasteiger partial charge in [0.15, 0.2) is 0 Å². The van der Waals surface area contributed by atoms with Gasteiger partial charge in [-0.05, 0) is 31.4 Å². The summed E-state index contributed by atoms with van der Waals surface area (Å²) in [5.41, 5.74) is 0. The third-order valence-corrected chi connectivity index (χ3v) is 5.33. The van der Waals surface area contributed by atoms with Crippen molar-refractivity contribution in [1.29, 1.82) is 0 Å². The van der Waals surface area contributed by atoms with Crippen LogP contribution in [0.15, 0.2) is 67.0 Å². The lowest BCUT2D eigenvalue weighted by Gasteiger charge is -2.25. The van der Waals surface area contributed by atoms with Crippen molar-refractivity contribution in [2.45, 2.75) is 50.4 Å². The zero-order chi connectivity index (χ0) is 19.1. The van der Waals surface area contributed by atoms with Gasteiger partial charge in [-0.2, -0.15) is 0 Å². The molecule has 0 spiro atoms. The van der Waals surface area contributed by atoms with Gasteiger partial charge >= 0.3 is 0 Å². The number of benzene rings is 1. The molecule has 0 saturated heterocycles. The third-order valence-electron chi connectivity index (χ3n) is 5.33. The number of allylic oxidation sites excluding steroid dienone is 3. The molecule has 2 N–H and O–H groups in total. The number of hydrogen-bond acceptors (Lipinski definition) is 4. The van der Waals surface area contributed by atoms with Gasteiger partial charge in [0.1, 0.15) is 24.6 Å². The Balaban J connectivity index is 1.60. The molecule has 0 aromatic heterocycles. The van der Waals surface area contributed by atoms with Crippen molar-refractivity contribution in [3.8, 4) is 5.75 Å². The van der Waals surface area contributed by atoms with E-state index in [0.29, 0.717) is 6.42 Å². The standard InChI is InChI=1S/C23H30O4/c1-17-9-5-2-3-8-12-21-20(22(25)15-23(21)27-17)14-13-18(24)16-26-19-10-6-4-7-11-19/h3-4,6-8,10-11,13-14,18,20-25H,1-2,5,9,12,15-16H2/b8-3-,14-13+/t18-,20-,21-,22-,23+/m1/s1. The minimum absolute atomic E-state index is 0.0254. The van der Waals surface area contributed by atoms with E-state index in [4.69, 9.17) is 9.47 Å². The molecular weight excluding hydrogens is 340 g/mol. The van der Waals surface area contributed by atoms with E-state index < -0.39 is 12.2 Å². The summed E-state index contributed by atoms with van der Waals surface area (Å²) in [5.74, 6) is 1.69. The van der Waals surface area contributed by atoms with Crippen molar-refractivity contribution in [1.82, 2.24) is 0 Å². The Kier molecular flexibility index (Phi) is 7.13. The van der Waals surface area contributed by atoms with Gasteiger partial charge in [0.2, 0.25) is 0 Å². The largest absolute Gasteiger partial charge is 0.495 e. The fraction of sp³-hybridized carbons (Fsp3) is 0.478. The molecular formula is C23H30O4. The van der Waals surface area contributed by atoms with Gasteiger partial charge < -0.3 is 19.7 Å². The fourth-order valence-electron chi connectivity index (χ4n) is 3.89. The number of rotatable bonds is 5. The smallest absolute Gasteiger partial charge is 0.119 e. The lowest BCUT2D eigenvalue weighted by Crippen LogP contribution is -2.23. The van der Waals surface area contributed by atoms with E-state index in [2.05, 4.69) is 18.7 Å². The second-order valence-corrected chi connectivity index (χ2v) is 7.41. The average Bonchev–Trinajstić information content (AvgIpc) is 2.96. The van der Waals surface area contributed by atoms with Crippen LogP contribution in [0.2, 0.25) is 0 Å². The van der Waals surface area contributed by atoms with E-state index in [9.17, 15) is 10.2 Å². The molecule has 1 aromatic carbocycles. The van der Waals surface area contributed by atoms with Crippen LogP contribution < -0.4 is 4.74 Å². The Bertz CT molecular complexity index is 652. The summed E-state index contributed by atoms with van der Waals surface area (Å²) in [6, 6.07) is 9.43. The van der Waals surface area contributed by atoms with Crippen molar-refractivity contribution >= 4 is 0 Å². The van der Waals surface area contributed by atoms with Crippen LogP contribution in [-0.2, 0) is 4.74 Å². The normalized spacial score (nSPS) is 31.1. The minimum Gasteiger partial charge on any atom is -0.495 e. The lowest BCUT2D eigenvalue weighted by atomic mass is 9.89. The monoisotopic (exact) mass is 370 g/mol. The molecule has 5 atom stereocenters. The van der Waals surface area contributed by atoms with E-state index >= 15 is 0 Å². The van der Waals surface area contributed by atoms with Crippen LogP contribution in [0.5, 0.6) is 5.75 Å². The summed E-state index contributed by atoms with van der Waals surface area (Å²) in [6.07, 6.45) is 11.3.